The van der Waals surface area contributed by atoms with Crippen LogP contribution < -0.4 is 21.3 Å². The van der Waals surface area contributed by atoms with E-state index in [1.165, 1.54) is 6.20 Å². The average molecular weight is 586 g/mol. The topological polar surface area (TPSA) is 144 Å². The summed E-state index contributed by atoms with van der Waals surface area (Å²) in [6, 6.07) is 17.2. The molecule has 11 heteroatoms. The Balaban J connectivity index is 1.34. The number of amides is 3. The minimum atomic E-state index is -0.358. The van der Waals surface area contributed by atoms with Crippen LogP contribution in [0.1, 0.15) is 62.3 Å². The minimum Gasteiger partial charge on any atom is -0.366 e. The predicted octanol–water partition coefficient (Wildman–Crippen LogP) is 3.82. The molecule has 2 heterocycles. The van der Waals surface area contributed by atoms with Crippen molar-refractivity contribution in [2.45, 2.75) is 37.8 Å². The monoisotopic (exact) mass is 585 g/mol. The summed E-state index contributed by atoms with van der Waals surface area (Å²) >= 11 is 5.86. The number of piperazine rings is 1. The fourth-order valence-electron chi connectivity index (χ4n) is 5.31. The lowest BCUT2D eigenvalue weighted by atomic mass is 9.91. The summed E-state index contributed by atoms with van der Waals surface area (Å²) in [4.78, 5) is 47.2. The Labute approximate surface area is 249 Å². The standard InChI is InChI=1S/C31H32ClN7O3/c32-28-12-6-23(19-35-28)31(42)39-15-13-38(14-16-39)27-11-5-22(30(41)36-25-9-7-24(34)8-10-25)17-26(27)37-29(40)21-3-1-20(18-33)2-4-21/h1-6,11-12,17,19,24-25H,7-10,13-16,34H2,(H,36,41)(H,37,40). The maximum absolute atomic E-state index is 13.2. The normalized spacial score (nSPS) is 18.6. The number of anilines is 2. The molecule has 4 N–H and O–H groups in total. The second-order valence-corrected chi connectivity index (χ2v) is 11.0. The maximum Gasteiger partial charge on any atom is 0.255 e. The molecule has 216 valence electrons. The van der Waals surface area contributed by atoms with Crippen LogP contribution in [-0.2, 0) is 0 Å². The maximum atomic E-state index is 13.2. The van der Waals surface area contributed by atoms with Gasteiger partial charge in [-0.1, -0.05) is 11.6 Å². The van der Waals surface area contributed by atoms with Gasteiger partial charge in [0.1, 0.15) is 5.15 Å². The minimum absolute atomic E-state index is 0.0649. The first-order valence-electron chi connectivity index (χ1n) is 14.0. The molecule has 3 amide bonds. The Hall–Kier alpha value is -4.46. The summed E-state index contributed by atoms with van der Waals surface area (Å²) in [5, 5.41) is 15.5. The summed E-state index contributed by atoms with van der Waals surface area (Å²) in [6.07, 6.45) is 4.89. The highest BCUT2D eigenvalue weighted by atomic mass is 35.5. The molecule has 2 aliphatic rings. The van der Waals surface area contributed by atoms with Crippen LogP contribution in [0.3, 0.4) is 0 Å². The third kappa shape index (κ3) is 6.87. The van der Waals surface area contributed by atoms with Crippen molar-refractivity contribution in [1.82, 2.24) is 15.2 Å². The zero-order chi connectivity index (χ0) is 29.6. The molecule has 0 atom stereocenters. The van der Waals surface area contributed by atoms with Gasteiger partial charge in [0.15, 0.2) is 0 Å². The molecular weight excluding hydrogens is 554 g/mol. The van der Waals surface area contributed by atoms with Crippen molar-refractivity contribution in [3.63, 3.8) is 0 Å². The van der Waals surface area contributed by atoms with Crippen molar-refractivity contribution < 1.29 is 14.4 Å². The van der Waals surface area contributed by atoms with E-state index in [0.29, 0.717) is 59.3 Å². The van der Waals surface area contributed by atoms with E-state index >= 15 is 0 Å². The highest BCUT2D eigenvalue weighted by molar-refractivity contribution is 6.29. The number of hydrogen-bond acceptors (Lipinski definition) is 7. The number of carbonyl (C=O) groups is 3. The van der Waals surface area contributed by atoms with Crippen LogP contribution in [-0.4, -0.2) is 65.9 Å². The molecule has 10 nitrogen and oxygen atoms in total. The second-order valence-electron chi connectivity index (χ2n) is 10.6. The van der Waals surface area contributed by atoms with E-state index in [2.05, 4.69) is 20.5 Å². The Bertz CT molecular complexity index is 1490. The number of nitriles is 1. The molecule has 1 aliphatic heterocycles. The van der Waals surface area contributed by atoms with Gasteiger partial charge in [-0.3, -0.25) is 14.4 Å². The van der Waals surface area contributed by atoms with Gasteiger partial charge >= 0.3 is 0 Å². The van der Waals surface area contributed by atoms with Gasteiger partial charge in [0.05, 0.1) is 28.6 Å². The molecule has 1 aromatic heterocycles. The summed E-state index contributed by atoms with van der Waals surface area (Å²) in [5.41, 5.74) is 9.00. The average Bonchev–Trinajstić information content (AvgIpc) is 3.02. The molecule has 1 saturated carbocycles. The lowest BCUT2D eigenvalue weighted by Crippen LogP contribution is -2.49. The number of hydrogen-bond donors (Lipinski definition) is 3. The summed E-state index contributed by atoms with van der Waals surface area (Å²) in [6.45, 7) is 1.99. The second kappa shape index (κ2) is 13.0. The molecule has 0 unspecified atom stereocenters. The molecule has 0 radical (unpaired) electrons. The van der Waals surface area contributed by atoms with Crippen molar-refractivity contribution in [2.75, 3.05) is 36.4 Å². The smallest absolute Gasteiger partial charge is 0.255 e. The molecular formula is C31H32ClN7O3. The number of rotatable bonds is 6. The van der Waals surface area contributed by atoms with Gasteiger partial charge in [-0.15, -0.1) is 0 Å². The summed E-state index contributed by atoms with van der Waals surface area (Å²) in [5.74, 6) is -0.685. The Kier molecular flexibility index (Phi) is 9.00. The zero-order valence-electron chi connectivity index (χ0n) is 23.1. The van der Waals surface area contributed by atoms with E-state index in [9.17, 15) is 14.4 Å². The molecule has 5 rings (SSSR count). The summed E-state index contributed by atoms with van der Waals surface area (Å²) in [7, 11) is 0. The third-order valence-electron chi connectivity index (χ3n) is 7.77. The van der Waals surface area contributed by atoms with Crippen LogP contribution >= 0.6 is 11.6 Å². The first-order chi connectivity index (χ1) is 20.3. The quantitative estimate of drug-likeness (QED) is 0.373. The predicted molar refractivity (Wildman–Crippen MR) is 161 cm³/mol. The van der Waals surface area contributed by atoms with E-state index in [4.69, 9.17) is 22.6 Å². The van der Waals surface area contributed by atoms with E-state index < -0.39 is 0 Å². The van der Waals surface area contributed by atoms with Crippen LogP contribution in [0.15, 0.2) is 60.8 Å². The zero-order valence-corrected chi connectivity index (χ0v) is 23.8. The number of aromatic nitrogens is 1. The van der Waals surface area contributed by atoms with Crippen LogP contribution in [0.5, 0.6) is 0 Å². The largest absolute Gasteiger partial charge is 0.366 e. The van der Waals surface area contributed by atoms with E-state index in [1.807, 2.05) is 12.1 Å². The summed E-state index contributed by atoms with van der Waals surface area (Å²) < 4.78 is 0. The third-order valence-corrected chi connectivity index (χ3v) is 8.00. The fourth-order valence-corrected chi connectivity index (χ4v) is 5.42. The van der Waals surface area contributed by atoms with Crippen LogP contribution in [0.2, 0.25) is 5.15 Å². The van der Waals surface area contributed by atoms with Gasteiger partial charge in [0, 0.05) is 55.6 Å². The number of carbonyl (C=O) groups excluding carboxylic acids is 3. The van der Waals surface area contributed by atoms with Crippen LogP contribution in [0.4, 0.5) is 11.4 Å². The Morgan fingerprint density at radius 2 is 1.55 bits per heavy atom. The van der Waals surface area contributed by atoms with Gasteiger partial charge in [0.25, 0.3) is 17.7 Å². The highest BCUT2D eigenvalue weighted by Gasteiger charge is 2.26. The Morgan fingerprint density at radius 1 is 0.881 bits per heavy atom. The molecule has 1 aliphatic carbocycles. The van der Waals surface area contributed by atoms with Crippen molar-refractivity contribution >= 4 is 40.7 Å². The van der Waals surface area contributed by atoms with Crippen LogP contribution in [0.25, 0.3) is 0 Å². The number of halogens is 1. The Morgan fingerprint density at radius 3 is 2.19 bits per heavy atom. The molecule has 2 aromatic carbocycles. The van der Waals surface area contributed by atoms with Gasteiger partial charge < -0.3 is 26.2 Å². The van der Waals surface area contributed by atoms with E-state index in [0.717, 1.165) is 31.4 Å². The molecule has 3 aromatic rings. The van der Waals surface area contributed by atoms with Gasteiger partial charge in [-0.2, -0.15) is 5.26 Å². The van der Waals surface area contributed by atoms with Gasteiger partial charge in [-0.25, -0.2) is 4.98 Å². The molecule has 0 bridgehead atoms. The highest BCUT2D eigenvalue weighted by Crippen LogP contribution is 2.30. The number of nitrogens with zero attached hydrogens (tertiary/aromatic N) is 4. The van der Waals surface area contributed by atoms with Crippen molar-refractivity contribution in [3.05, 3.63) is 88.2 Å². The first kappa shape index (κ1) is 29.0. The number of nitrogens with one attached hydrogen (secondary N) is 2. The lowest BCUT2D eigenvalue weighted by Gasteiger charge is -2.37. The van der Waals surface area contributed by atoms with Crippen molar-refractivity contribution in [1.29, 1.82) is 5.26 Å². The van der Waals surface area contributed by atoms with Crippen molar-refractivity contribution in [2.24, 2.45) is 5.73 Å². The van der Waals surface area contributed by atoms with Gasteiger partial charge in [0.2, 0.25) is 0 Å². The molecule has 42 heavy (non-hydrogen) atoms. The van der Waals surface area contributed by atoms with Gasteiger partial charge in [-0.05, 0) is 80.3 Å². The van der Waals surface area contributed by atoms with Crippen LogP contribution in [0, 0.1) is 11.3 Å². The molecule has 2 fully saturated rings. The van der Waals surface area contributed by atoms with E-state index in [-0.39, 0.29) is 29.8 Å². The molecule has 1 saturated heterocycles. The number of benzene rings is 2. The van der Waals surface area contributed by atoms with Crippen molar-refractivity contribution in [3.8, 4) is 6.07 Å². The first-order valence-corrected chi connectivity index (χ1v) is 14.4. The lowest BCUT2D eigenvalue weighted by molar-refractivity contribution is 0.0746. The van der Waals surface area contributed by atoms with E-state index in [1.54, 1.807) is 53.4 Å². The fraction of sp³-hybridized carbons (Fsp3) is 0.323. The number of pyridine rings is 1. The number of nitrogens with two attached hydrogens (primary N) is 1. The SMILES string of the molecule is N#Cc1ccc(C(=O)Nc2cc(C(=O)NC3CCC(N)CC3)ccc2N2CCN(C(=O)c3ccc(Cl)nc3)CC2)cc1. The molecule has 0 spiro atoms.